The SMILES string of the molecule is CCCNC(=O)C(C)N(Cc1ccc(F)cc1)C(=O)CN(c1cc(OC)ccc1OC)S(C)(=O)=O. The van der Waals surface area contributed by atoms with E-state index in [0.29, 0.717) is 24.3 Å². The van der Waals surface area contributed by atoms with Crippen molar-refractivity contribution in [1.29, 1.82) is 0 Å². The Morgan fingerprint density at radius 1 is 1.09 bits per heavy atom. The van der Waals surface area contributed by atoms with Crippen molar-refractivity contribution in [3.8, 4) is 11.5 Å². The summed E-state index contributed by atoms with van der Waals surface area (Å²) in [4.78, 5) is 27.5. The fourth-order valence-electron chi connectivity index (χ4n) is 3.35. The van der Waals surface area contributed by atoms with Crippen LogP contribution in [0.3, 0.4) is 0 Å². The Hall–Kier alpha value is -3.34. The molecule has 0 saturated carbocycles. The molecular formula is C24H32FN3O6S. The van der Waals surface area contributed by atoms with Crippen LogP contribution in [0.4, 0.5) is 10.1 Å². The van der Waals surface area contributed by atoms with Crippen molar-refractivity contribution >= 4 is 27.5 Å². The summed E-state index contributed by atoms with van der Waals surface area (Å²) in [5.41, 5.74) is 0.701. The number of rotatable bonds is 12. The van der Waals surface area contributed by atoms with E-state index in [4.69, 9.17) is 9.47 Å². The number of anilines is 1. The molecule has 0 aliphatic rings. The molecule has 9 nitrogen and oxygen atoms in total. The van der Waals surface area contributed by atoms with E-state index >= 15 is 0 Å². The summed E-state index contributed by atoms with van der Waals surface area (Å²) >= 11 is 0. The van der Waals surface area contributed by atoms with Crippen LogP contribution in [0.1, 0.15) is 25.8 Å². The third-order valence-electron chi connectivity index (χ3n) is 5.32. The maximum absolute atomic E-state index is 13.5. The number of halogens is 1. The lowest BCUT2D eigenvalue weighted by molar-refractivity contribution is -0.139. The molecule has 0 spiro atoms. The molecule has 2 aromatic carbocycles. The summed E-state index contributed by atoms with van der Waals surface area (Å²) in [6, 6.07) is 9.20. The van der Waals surface area contributed by atoms with Crippen molar-refractivity contribution in [2.75, 3.05) is 37.9 Å². The molecule has 35 heavy (non-hydrogen) atoms. The molecule has 0 aliphatic heterocycles. The molecule has 0 aliphatic carbocycles. The van der Waals surface area contributed by atoms with E-state index in [2.05, 4.69) is 5.32 Å². The third kappa shape index (κ3) is 7.57. The van der Waals surface area contributed by atoms with Gasteiger partial charge < -0.3 is 19.7 Å². The summed E-state index contributed by atoms with van der Waals surface area (Å²) in [5, 5.41) is 2.75. The van der Waals surface area contributed by atoms with Gasteiger partial charge in [0.1, 0.15) is 29.9 Å². The van der Waals surface area contributed by atoms with Gasteiger partial charge >= 0.3 is 0 Å². The normalized spacial score (nSPS) is 11.9. The van der Waals surface area contributed by atoms with Crippen LogP contribution in [0.2, 0.25) is 0 Å². The molecule has 0 fully saturated rings. The van der Waals surface area contributed by atoms with Crippen LogP contribution >= 0.6 is 0 Å². The largest absolute Gasteiger partial charge is 0.497 e. The molecule has 0 radical (unpaired) electrons. The first-order chi connectivity index (χ1) is 16.5. The predicted molar refractivity (Wildman–Crippen MR) is 131 cm³/mol. The Morgan fingerprint density at radius 2 is 1.74 bits per heavy atom. The molecule has 2 amide bonds. The fraction of sp³-hybridized carbons (Fsp3) is 0.417. The number of ether oxygens (including phenoxy) is 2. The van der Waals surface area contributed by atoms with Gasteiger partial charge in [-0.25, -0.2) is 12.8 Å². The number of methoxy groups -OCH3 is 2. The van der Waals surface area contributed by atoms with Crippen LogP contribution in [0.15, 0.2) is 42.5 Å². The van der Waals surface area contributed by atoms with Gasteiger partial charge in [0.25, 0.3) is 0 Å². The van der Waals surface area contributed by atoms with Crippen molar-refractivity contribution < 1.29 is 31.9 Å². The summed E-state index contributed by atoms with van der Waals surface area (Å²) in [7, 11) is -1.13. The molecule has 2 rings (SSSR count). The minimum absolute atomic E-state index is 0.0212. The molecule has 1 atom stereocenters. The molecule has 11 heteroatoms. The van der Waals surface area contributed by atoms with Gasteiger partial charge in [-0.2, -0.15) is 0 Å². The monoisotopic (exact) mass is 509 g/mol. The second-order valence-corrected chi connectivity index (χ2v) is 9.83. The van der Waals surface area contributed by atoms with Gasteiger partial charge in [0, 0.05) is 19.2 Å². The van der Waals surface area contributed by atoms with Gasteiger partial charge in [0.15, 0.2) is 0 Å². The molecular weight excluding hydrogens is 477 g/mol. The summed E-state index contributed by atoms with van der Waals surface area (Å²) in [5.74, 6) is -0.843. The minimum Gasteiger partial charge on any atom is -0.497 e. The van der Waals surface area contributed by atoms with Crippen molar-refractivity contribution in [3.63, 3.8) is 0 Å². The van der Waals surface area contributed by atoms with E-state index in [9.17, 15) is 22.4 Å². The average Bonchev–Trinajstić information content (AvgIpc) is 2.83. The number of nitrogens with zero attached hydrogens (tertiary/aromatic N) is 2. The zero-order valence-corrected chi connectivity index (χ0v) is 21.4. The lowest BCUT2D eigenvalue weighted by Crippen LogP contribution is -2.51. The minimum atomic E-state index is -3.94. The van der Waals surface area contributed by atoms with Gasteiger partial charge in [0.2, 0.25) is 21.8 Å². The van der Waals surface area contributed by atoms with Crippen LogP contribution in [-0.4, -0.2) is 64.7 Å². The highest BCUT2D eigenvalue weighted by Gasteiger charge is 2.31. The number of carbonyl (C=O) groups is 2. The van der Waals surface area contributed by atoms with Crippen LogP contribution in [0.5, 0.6) is 11.5 Å². The van der Waals surface area contributed by atoms with Crippen LogP contribution in [0, 0.1) is 5.82 Å². The quantitative estimate of drug-likeness (QED) is 0.472. The van der Waals surface area contributed by atoms with Crippen molar-refractivity contribution in [1.82, 2.24) is 10.2 Å². The van der Waals surface area contributed by atoms with Gasteiger partial charge in [-0.1, -0.05) is 19.1 Å². The summed E-state index contributed by atoms with van der Waals surface area (Å²) in [6.07, 6.45) is 1.68. The molecule has 0 bridgehead atoms. The molecule has 2 aromatic rings. The Labute approximate surface area is 205 Å². The van der Waals surface area contributed by atoms with Crippen LogP contribution in [-0.2, 0) is 26.2 Å². The Balaban J connectivity index is 2.45. The van der Waals surface area contributed by atoms with E-state index in [1.807, 2.05) is 6.92 Å². The van der Waals surface area contributed by atoms with E-state index in [0.717, 1.165) is 10.6 Å². The molecule has 0 saturated heterocycles. The second-order valence-electron chi connectivity index (χ2n) is 7.92. The molecule has 1 N–H and O–H groups in total. The first-order valence-corrected chi connectivity index (χ1v) is 12.9. The lowest BCUT2D eigenvalue weighted by atomic mass is 10.1. The van der Waals surface area contributed by atoms with Gasteiger partial charge in [0.05, 0.1) is 26.2 Å². The smallest absolute Gasteiger partial charge is 0.244 e. The first-order valence-electron chi connectivity index (χ1n) is 11.0. The Morgan fingerprint density at radius 3 is 2.29 bits per heavy atom. The topological polar surface area (TPSA) is 105 Å². The molecule has 1 unspecified atom stereocenters. The van der Waals surface area contributed by atoms with Crippen molar-refractivity contribution in [2.45, 2.75) is 32.9 Å². The molecule has 0 heterocycles. The number of benzene rings is 2. The maximum Gasteiger partial charge on any atom is 0.244 e. The van der Waals surface area contributed by atoms with Crippen LogP contribution < -0.4 is 19.1 Å². The van der Waals surface area contributed by atoms with Gasteiger partial charge in [-0.05, 0) is 43.2 Å². The summed E-state index contributed by atoms with van der Waals surface area (Å²) in [6.45, 7) is 3.28. The zero-order chi connectivity index (χ0) is 26.2. The van der Waals surface area contributed by atoms with E-state index in [1.165, 1.54) is 55.5 Å². The Bertz CT molecular complexity index is 1120. The van der Waals surface area contributed by atoms with Crippen LogP contribution in [0.25, 0.3) is 0 Å². The second kappa shape index (κ2) is 12.4. The Kier molecular flexibility index (Phi) is 9.88. The van der Waals surface area contributed by atoms with E-state index in [-0.39, 0.29) is 23.9 Å². The van der Waals surface area contributed by atoms with Crippen molar-refractivity contribution in [2.24, 2.45) is 0 Å². The first kappa shape index (κ1) is 27.9. The number of sulfonamides is 1. The number of carbonyl (C=O) groups excluding carboxylic acids is 2. The van der Waals surface area contributed by atoms with Gasteiger partial charge in [-0.15, -0.1) is 0 Å². The zero-order valence-electron chi connectivity index (χ0n) is 20.6. The number of hydrogen-bond acceptors (Lipinski definition) is 6. The van der Waals surface area contributed by atoms with Gasteiger partial charge in [-0.3, -0.25) is 13.9 Å². The number of hydrogen-bond donors (Lipinski definition) is 1. The van der Waals surface area contributed by atoms with Crippen molar-refractivity contribution in [3.05, 3.63) is 53.8 Å². The summed E-state index contributed by atoms with van der Waals surface area (Å²) < 4.78 is 50.3. The van der Waals surface area contributed by atoms with E-state index < -0.39 is 34.3 Å². The highest BCUT2D eigenvalue weighted by molar-refractivity contribution is 7.92. The highest BCUT2D eigenvalue weighted by atomic mass is 32.2. The third-order valence-corrected chi connectivity index (χ3v) is 6.44. The lowest BCUT2D eigenvalue weighted by Gasteiger charge is -2.32. The standard InChI is InChI=1S/C24H32FN3O6S/c1-6-13-26-24(30)17(2)27(15-18-7-9-19(25)10-8-18)23(29)16-28(35(5,31)32)21-14-20(33-3)11-12-22(21)34-4/h7-12,14,17H,6,13,15-16H2,1-5H3,(H,26,30). The number of amides is 2. The molecule has 192 valence electrons. The maximum atomic E-state index is 13.5. The predicted octanol–water partition coefficient (Wildman–Crippen LogP) is 2.55. The fourth-order valence-corrected chi connectivity index (χ4v) is 4.20. The average molecular weight is 510 g/mol. The number of nitrogens with one attached hydrogen (secondary N) is 1. The molecule has 0 aromatic heterocycles. The van der Waals surface area contributed by atoms with E-state index in [1.54, 1.807) is 13.0 Å². The highest BCUT2D eigenvalue weighted by Crippen LogP contribution is 2.34.